The minimum absolute atomic E-state index is 0.0499. The highest BCUT2D eigenvalue weighted by Gasteiger charge is 2.38. The Morgan fingerprint density at radius 1 is 0.627 bits per heavy atom. The summed E-state index contributed by atoms with van der Waals surface area (Å²) in [4.78, 5) is 38.3. The summed E-state index contributed by atoms with van der Waals surface area (Å²) in [5.74, 6) is -0.634. The number of carbonyl (C=O) groups is 3. The molecule has 0 aliphatic heterocycles. The van der Waals surface area contributed by atoms with Gasteiger partial charge in [-0.1, -0.05) is 152 Å². The van der Waals surface area contributed by atoms with E-state index < -0.39 is 16.7 Å². The largest absolute Gasteiger partial charge is 0.465 e. The molecular weight excluding hydrogens is 653 g/mol. The molecule has 6 rings (SSSR count). The molecule has 0 aromatic heterocycles. The first-order valence-corrected chi connectivity index (χ1v) is 18.7. The van der Waals surface area contributed by atoms with Crippen molar-refractivity contribution in [2.45, 2.75) is 55.2 Å². The molecule has 0 fully saturated rings. The number of thioether (sulfide) groups is 1. The second-order valence-corrected chi connectivity index (χ2v) is 14.2. The Kier molecular flexibility index (Phi) is 12.0. The van der Waals surface area contributed by atoms with Crippen LogP contribution in [0, 0.1) is 0 Å². The van der Waals surface area contributed by atoms with Crippen molar-refractivity contribution in [3.8, 4) is 11.1 Å². The smallest absolute Gasteiger partial charge is 0.305 e. The number of ether oxygens (including phenoxy) is 1. The van der Waals surface area contributed by atoms with Crippen LogP contribution < -0.4 is 11.1 Å². The van der Waals surface area contributed by atoms with Crippen molar-refractivity contribution in [1.29, 1.82) is 0 Å². The number of rotatable bonds is 17. The first-order chi connectivity index (χ1) is 25.0. The lowest BCUT2D eigenvalue weighted by Crippen LogP contribution is -2.47. The summed E-state index contributed by atoms with van der Waals surface area (Å²) in [6.45, 7) is 0.329. The van der Waals surface area contributed by atoms with Crippen molar-refractivity contribution in [2.24, 2.45) is 5.73 Å². The number of unbranched alkanes of at least 4 members (excludes halogenated alkanes) is 3. The van der Waals surface area contributed by atoms with E-state index in [0.29, 0.717) is 31.6 Å². The number of primary amides is 1. The molecule has 1 aliphatic carbocycles. The normalized spacial score (nSPS) is 12.8. The molecular formula is C44H44N2O4S. The Bertz CT molecular complexity index is 1770. The molecule has 5 aromatic carbocycles. The maximum Gasteiger partial charge on any atom is 0.305 e. The van der Waals surface area contributed by atoms with Crippen molar-refractivity contribution in [3.05, 3.63) is 167 Å². The zero-order chi connectivity index (χ0) is 35.5. The number of amides is 2. The van der Waals surface area contributed by atoms with Crippen LogP contribution in [-0.4, -0.2) is 36.2 Å². The van der Waals surface area contributed by atoms with Gasteiger partial charge in [0.05, 0.1) is 4.75 Å². The van der Waals surface area contributed by atoms with E-state index in [1.54, 1.807) is 11.8 Å². The van der Waals surface area contributed by atoms with Crippen LogP contribution in [0.2, 0.25) is 0 Å². The van der Waals surface area contributed by atoms with Gasteiger partial charge in [-0.05, 0) is 51.8 Å². The van der Waals surface area contributed by atoms with Crippen LogP contribution >= 0.6 is 11.8 Å². The third-order valence-corrected chi connectivity index (χ3v) is 11.2. The number of hydrogen-bond acceptors (Lipinski definition) is 5. The quantitative estimate of drug-likeness (QED) is 0.0579. The van der Waals surface area contributed by atoms with Gasteiger partial charge in [0.1, 0.15) is 12.6 Å². The summed E-state index contributed by atoms with van der Waals surface area (Å²) in [5, 5.41) is 2.90. The van der Waals surface area contributed by atoms with E-state index in [1.165, 1.54) is 22.3 Å². The first-order valence-electron chi connectivity index (χ1n) is 17.7. The first kappa shape index (κ1) is 35.7. The Labute approximate surface area is 304 Å². The van der Waals surface area contributed by atoms with Gasteiger partial charge in [0.25, 0.3) is 0 Å². The van der Waals surface area contributed by atoms with Gasteiger partial charge >= 0.3 is 5.97 Å². The molecule has 1 aliphatic rings. The average molecular weight is 697 g/mol. The molecule has 0 heterocycles. The fraction of sp³-hybridized carbons (Fsp3) is 0.250. The lowest BCUT2D eigenvalue weighted by Gasteiger charge is -2.36. The second kappa shape index (κ2) is 17.2. The van der Waals surface area contributed by atoms with Crippen LogP contribution in [0.5, 0.6) is 0 Å². The molecule has 0 radical (unpaired) electrons. The number of benzene rings is 5. The number of fused-ring (bicyclic) bond motifs is 3. The highest BCUT2D eigenvalue weighted by Crippen LogP contribution is 2.49. The summed E-state index contributed by atoms with van der Waals surface area (Å²) in [5.41, 5.74) is 13.9. The molecule has 0 saturated heterocycles. The molecule has 0 spiro atoms. The van der Waals surface area contributed by atoms with E-state index in [4.69, 9.17) is 10.5 Å². The molecule has 7 heteroatoms. The molecule has 6 nitrogen and oxygen atoms in total. The van der Waals surface area contributed by atoms with Crippen molar-refractivity contribution in [3.63, 3.8) is 0 Å². The SMILES string of the molecule is NC(=O)[C@H](CSC(c1ccccc1)(c1ccccc1)c1ccccc1)NC(=O)CCCCCCC(=O)OCC1c2ccccc2-c2ccccc21. The van der Waals surface area contributed by atoms with Crippen LogP contribution in [0.25, 0.3) is 11.1 Å². The molecule has 51 heavy (non-hydrogen) atoms. The number of nitrogens with one attached hydrogen (secondary N) is 1. The van der Waals surface area contributed by atoms with Gasteiger partial charge in [0.2, 0.25) is 11.8 Å². The predicted octanol–water partition coefficient (Wildman–Crippen LogP) is 8.38. The van der Waals surface area contributed by atoms with Crippen LogP contribution in [-0.2, 0) is 23.9 Å². The third-order valence-electron chi connectivity index (χ3n) is 9.59. The molecule has 0 bridgehead atoms. The fourth-order valence-corrected chi connectivity index (χ4v) is 8.61. The lowest BCUT2D eigenvalue weighted by molar-refractivity contribution is -0.144. The molecule has 0 saturated carbocycles. The van der Waals surface area contributed by atoms with Gasteiger partial charge < -0.3 is 15.8 Å². The van der Waals surface area contributed by atoms with Gasteiger partial charge in [0.15, 0.2) is 0 Å². The molecule has 1 atom stereocenters. The maximum absolute atomic E-state index is 13.0. The van der Waals surface area contributed by atoms with E-state index in [0.717, 1.165) is 29.5 Å². The Hall–Kier alpha value is -5.14. The van der Waals surface area contributed by atoms with E-state index >= 15 is 0 Å². The minimum atomic E-state index is -0.841. The summed E-state index contributed by atoms with van der Waals surface area (Å²) in [6.07, 6.45) is 3.56. The summed E-state index contributed by atoms with van der Waals surface area (Å²) in [7, 11) is 0. The van der Waals surface area contributed by atoms with Gasteiger partial charge in [-0.2, -0.15) is 0 Å². The van der Waals surface area contributed by atoms with Gasteiger partial charge in [-0.3, -0.25) is 14.4 Å². The van der Waals surface area contributed by atoms with E-state index in [9.17, 15) is 14.4 Å². The van der Waals surface area contributed by atoms with Gasteiger partial charge in [-0.25, -0.2) is 0 Å². The van der Waals surface area contributed by atoms with Crippen LogP contribution in [0.1, 0.15) is 72.3 Å². The molecule has 260 valence electrons. The molecule has 2 amide bonds. The summed E-state index contributed by atoms with van der Waals surface area (Å²) < 4.78 is 5.10. The number of nitrogens with two attached hydrogens (primary N) is 1. The number of esters is 1. The zero-order valence-electron chi connectivity index (χ0n) is 28.7. The molecule has 3 N–H and O–H groups in total. The van der Waals surface area contributed by atoms with E-state index in [2.05, 4.69) is 66.0 Å². The zero-order valence-corrected chi connectivity index (χ0v) is 29.5. The monoisotopic (exact) mass is 696 g/mol. The van der Waals surface area contributed by atoms with E-state index in [-0.39, 0.29) is 24.2 Å². The number of carbonyl (C=O) groups excluding carboxylic acids is 3. The minimum Gasteiger partial charge on any atom is -0.465 e. The Morgan fingerprint density at radius 2 is 1.08 bits per heavy atom. The molecule has 5 aromatic rings. The third kappa shape index (κ3) is 8.43. The van der Waals surface area contributed by atoms with Crippen LogP contribution in [0.4, 0.5) is 0 Å². The van der Waals surface area contributed by atoms with Crippen LogP contribution in [0.3, 0.4) is 0 Å². The predicted molar refractivity (Wildman–Crippen MR) is 205 cm³/mol. The highest BCUT2D eigenvalue weighted by atomic mass is 32.2. The summed E-state index contributed by atoms with van der Waals surface area (Å²) >= 11 is 1.59. The van der Waals surface area contributed by atoms with Crippen molar-refractivity contribution in [2.75, 3.05) is 12.4 Å². The fourth-order valence-electron chi connectivity index (χ4n) is 7.03. The van der Waals surface area contributed by atoms with Crippen molar-refractivity contribution < 1.29 is 19.1 Å². The Balaban J connectivity index is 0.976. The average Bonchev–Trinajstić information content (AvgIpc) is 3.49. The van der Waals surface area contributed by atoms with E-state index in [1.807, 2.05) is 78.9 Å². The lowest BCUT2D eigenvalue weighted by atomic mass is 9.84. The van der Waals surface area contributed by atoms with Crippen LogP contribution in [0.15, 0.2) is 140 Å². The second-order valence-electron chi connectivity index (χ2n) is 12.9. The standard InChI is InChI=1S/C44H44N2O4S/c45-43(49)40(31-51-44(32-18-6-3-7-19-32,33-20-8-4-9-21-33)34-22-10-5-11-23-34)46-41(47)28-12-1-2-13-29-42(48)50-30-39-37-26-16-14-24-35(37)36-25-15-17-27-38(36)39/h3-11,14-27,39-40H,1-2,12-13,28-31H2,(H2,45,49)(H,46,47)/t40-/m0/s1. The molecule has 0 unspecified atom stereocenters. The Morgan fingerprint density at radius 3 is 1.57 bits per heavy atom. The summed E-state index contributed by atoms with van der Waals surface area (Å²) in [6, 6.07) is 46.4. The highest BCUT2D eigenvalue weighted by molar-refractivity contribution is 8.00. The number of hydrogen-bond donors (Lipinski definition) is 2. The van der Waals surface area contributed by atoms with Crippen molar-refractivity contribution >= 4 is 29.5 Å². The van der Waals surface area contributed by atoms with Crippen molar-refractivity contribution in [1.82, 2.24) is 5.32 Å². The van der Waals surface area contributed by atoms with Gasteiger partial charge in [0, 0.05) is 24.5 Å². The maximum atomic E-state index is 13.0. The topological polar surface area (TPSA) is 98.5 Å². The van der Waals surface area contributed by atoms with Gasteiger partial charge in [-0.15, -0.1) is 11.8 Å².